The lowest BCUT2D eigenvalue weighted by Crippen LogP contribution is -2.41. The Balaban J connectivity index is 3.33. The second-order valence-corrected chi connectivity index (χ2v) is 5.07. The van der Waals surface area contributed by atoms with Crippen molar-refractivity contribution in [1.29, 1.82) is 0 Å². The summed E-state index contributed by atoms with van der Waals surface area (Å²) in [6, 6.07) is -0.430. The predicted octanol–water partition coefficient (Wildman–Crippen LogP) is -1.77. The molecule has 0 rings (SSSR count). The minimum atomic E-state index is -0.430. The summed E-state index contributed by atoms with van der Waals surface area (Å²) in [5.41, 5.74) is 5.19. The first-order chi connectivity index (χ1) is 11.6. The molecule has 0 heterocycles. The number of likely N-dealkylation sites (N-methyl/N-ethyl adjacent to an activating group) is 2. The van der Waals surface area contributed by atoms with Crippen molar-refractivity contribution in [3.05, 3.63) is 0 Å². The minimum absolute atomic E-state index is 0.117. The molecule has 0 aliphatic heterocycles. The lowest BCUT2D eigenvalue weighted by molar-refractivity contribution is -0.123. The number of amides is 2. The normalized spacial score (nSPS) is 12.1. The zero-order valence-corrected chi connectivity index (χ0v) is 14.8. The van der Waals surface area contributed by atoms with Crippen LogP contribution in [0.5, 0.6) is 0 Å². The second-order valence-electron chi connectivity index (χ2n) is 5.07. The highest BCUT2D eigenvalue weighted by molar-refractivity contribution is 5.80. The number of nitrogens with one attached hydrogen (secondary N) is 3. The Hall–Kier alpha value is -1.26. The van der Waals surface area contributed by atoms with E-state index in [0.717, 1.165) is 6.54 Å². The van der Waals surface area contributed by atoms with Gasteiger partial charge in [-0.2, -0.15) is 0 Å². The van der Waals surface area contributed by atoms with Crippen LogP contribution in [0.25, 0.3) is 0 Å². The van der Waals surface area contributed by atoms with Crippen molar-refractivity contribution in [3.8, 4) is 0 Å². The van der Waals surface area contributed by atoms with Gasteiger partial charge in [0.15, 0.2) is 0 Å². The second kappa shape index (κ2) is 16.6. The highest BCUT2D eigenvalue weighted by Gasteiger charge is 2.12. The molecule has 5 N–H and O–H groups in total. The number of ether oxygens (including phenoxy) is 3. The van der Waals surface area contributed by atoms with Crippen LogP contribution in [0, 0.1) is 0 Å². The van der Waals surface area contributed by atoms with Crippen molar-refractivity contribution in [2.45, 2.75) is 18.9 Å². The van der Waals surface area contributed by atoms with E-state index < -0.39 is 11.9 Å². The summed E-state index contributed by atoms with van der Waals surface area (Å²) < 4.78 is 15.9. The Morgan fingerprint density at radius 3 is 2.04 bits per heavy atom. The van der Waals surface area contributed by atoms with E-state index in [4.69, 9.17) is 19.9 Å². The van der Waals surface area contributed by atoms with Crippen LogP contribution in [0.1, 0.15) is 12.8 Å². The van der Waals surface area contributed by atoms with Gasteiger partial charge in [-0.1, -0.05) is 0 Å². The van der Waals surface area contributed by atoms with Crippen LogP contribution < -0.4 is 21.7 Å². The van der Waals surface area contributed by atoms with Crippen molar-refractivity contribution in [2.24, 2.45) is 5.73 Å². The Bertz CT molecular complexity index is 331. The van der Waals surface area contributed by atoms with Gasteiger partial charge in [0.1, 0.15) is 0 Å². The SMILES string of the molecule is CNCCOCCOCCOCCC(=O)NCCC(NC)C(N)=O. The Morgan fingerprint density at radius 1 is 0.917 bits per heavy atom. The van der Waals surface area contributed by atoms with Crippen LogP contribution in [0.2, 0.25) is 0 Å². The summed E-state index contributed by atoms with van der Waals surface area (Å²) in [7, 11) is 3.53. The zero-order chi connectivity index (χ0) is 18.0. The van der Waals surface area contributed by atoms with Crippen LogP contribution in [-0.4, -0.2) is 84.7 Å². The molecule has 0 saturated heterocycles. The number of hydrogen-bond acceptors (Lipinski definition) is 7. The molecule has 24 heavy (non-hydrogen) atoms. The molecule has 142 valence electrons. The Labute approximate surface area is 144 Å². The molecule has 9 nitrogen and oxygen atoms in total. The molecule has 2 amide bonds. The number of carbonyl (C=O) groups is 2. The molecule has 0 radical (unpaired) electrons. The van der Waals surface area contributed by atoms with E-state index in [2.05, 4.69) is 16.0 Å². The van der Waals surface area contributed by atoms with Gasteiger partial charge < -0.3 is 35.9 Å². The maximum Gasteiger partial charge on any atom is 0.234 e. The van der Waals surface area contributed by atoms with E-state index in [1.807, 2.05) is 7.05 Å². The number of hydrogen-bond donors (Lipinski definition) is 4. The summed E-state index contributed by atoms with van der Waals surface area (Å²) in [5.74, 6) is -0.546. The van der Waals surface area contributed by atoms with E-state index in [9.17, 15) is 9.59 Å². The minimum Gasteiger partial charge on any atom is -0.379 e. The van der Waals surface area contributed by atoms with Crippen molar-refractivity contribution < 1.29 is 23.8 Å². The molecule has 9 heteroatoms. The molecule has 1 unspecified atom stereocenters. The first kappa shape index (κ1) is 22.7. The summed E-state index contributed by atoms with van der Waals surface area (Å²) in [5, 5.41) is 8.49. The van der Waals surface area contributed by atoms with Crippen LogP contribution in [0.4, 0.5) is 0 Å². The van der Waals surface area contributed by atoms with Crippen LogP contribution in [0.3, 0.4) is 0 Å². The van der Waals surface area contributed by atoms with Gasteiger partial charge >= 0.3 is 0 Å². The van der Waals surface area contributed by atoms with E-state index >= 15 is 0 Å². The van der Waals surface area contributed by atoms with Gasteiger partial charge in [0.25, 0.3) is 0 Å². The van der Waals surface area contributed by atoms with Crippen LogP contribution in [-0.2, 0) is 23.8 Å². The quantitative estimate of drug-likeness (QED) is 0.229. The highest BCUT2D eigenvalue weighted by atomic mass is 16.5. The number of rotatable bonds is 17. The van der Waals surface area contributed by atoms with Gasteiger partial charge in [0, 0.05) is 19.5 Å². The molecule has 0 aliphatic rings. The summed E-state index contributed by atoms with van der Waals surface area (Å²) >= 11 is 0. The average molecular weight is 348 g/mol. The maximum atomic E-state index is 11.6. The average Bonchev–Trinajstić information content (AvgIpc) is 2.56. The van der Waals surface area contributed by atoms with Crippen molar-refractivity contribution >= 4 is 11.8 Å². The summed E-state index contributed by atoms with van der Waals surface area (Å²) in [4.78, 5) is 22.6. The number of primary amides is 1. The molecule has 0 aromatic heterocycles. The molecular weight excluding hydrogens is 316 g/mol. The maximum absolute atomic E-state index is 11.6. The van der Waals surface area contributed by atoms with Crippen molar-refractivity contribution in [3.63, 3.8) is 0 Å². The standard InChI is InChI=1S/C15H32N4O5/c1-17-6-8-23-10-12-24-11-9-22-7-4-14(20)19-5-3-13(18-2)15(16)21/h13,17-18H,3-12H2,1-2H3,(H2,16,21)(H,19,20). The molecule has 1 atom stereocenters. The van der Waals surface area contributed by atoms with Gasteiger partial charge in [-0.25, -0.2) is 0 Å². The van der Waals surface area contributed by atoms with Gasteiger partial charge in [-0.15, -0.1) is 0 Å². The van der Waals surface area contributed by atoms with Crippen LogP contribution >= 0.6 is 0 Å². The molecular formula is C15H32N4O5. The molecule has 0 aromatic carbocycles. The van der Waals surface area contributed by atoms with Crippen LogP contribution in [0.15, 0.2) is 0 Å². The molecule has 0 aromatic rings. The van der Waals surface area contributed by atoms with Crippen molar-refractivity contribution in [2.75, 3.05) is 66.8 Å². The third-order valence-electron chi connectivity index (χ3n) is 3.16. The summed E-state index contributed by atoms with van der Waals surface area (Å²) in [6.45, 7) is 4.21. The van der Waals surface area contributed by atoms with Crippen molar-refractivity contribution in [1.82, 2.24) is 16.0 Å². The fraction of sp³-hybridized carbons (Fsp3) is 0.867. The lowest BCUT2D eigenvalue weighted by Gasteiger charge is -2.12. The molecule has 0 fully saturated rings. The molecule has 0 saturated carbocycles. The number of nitrogens with two attached hydrogens (primary N) is 1. The zero-order valence-electron chi connectivity index (χ0n) is 14.8. The van der Waals surface area contributed by atoms with E-state index in [1.165, 1.54) is 0 Å². The first-order valence-corrected chi connectivity index (χ1v) is 8.23. The van der Waals surface area contributed by atoms with E-state index in [0.29, 0.717) is 52.6 Å². The molecule has 0 aliphatic carbocycles. The fourth-order valence-electron chi connectivity index (χ4n) is 1.75. The third kappa shape index (κ3) is 14.3. The monoisotopic (exact) mass is 348 g/mol. The molecule has 0 bridgehead atoms. The highest BCUT2D eigenvalue weighted by Crippen LogP contribution is 1.90. The van der Waals surface area contributed by atoms with E-state index in [1.54, 1.807) is 7.05 Å². The van der Waals surface area contributed by atoms with Gasteiger partial charge in [-0.05, 0) is 20.5 Å². The first-order valence-electron chi connectivity index (χ1n) is 8.23. The summed E-state index contributed by atoms with van der Waals surface area (Å²) in [6.07, 6.45) is 0.733. The number of carbonyl (C=O) groups excluding carboxylic acids is 2. The largest absolute Gasteiger partial charge is 0.379 e. The predicted molar refractivity (Wildman–Crippen MR) is 90.7 cm³/mol. The lowest BCUT2D eigenvalue weighted by atomic mass is 10.2. The fourth-order valence-corrected chi connectivity index (χ4v) is 1.75. The van der Waals surface area contributed by atoms with Gasteiger partial charge in [-0.3, -0.25) is 9.59 Å². The van der Waals surface area contributed by atoms with Gasteiger partial charge in [0.05, 0.1) is 45.7 Å². The van der Waals surface area contributed by atoms with Gasteiger partial charge in [0.2, 0.25) is 11.8 Å². The third-order valence-corrected chi connectivity index (χ3v) is 3.16. The Morgan fingerprint density at radius 2 is 1.50 bits per heavy atom. The smallest absolute Gasteiger partial charge is 0.234 e. The molecule has 0 spiro atoms. The topological polar surface area (TPSA) is 124 Å². The Kier molecular flexibility index (Phi) is 15.7. The van der Waals surface area contributed by atoms with E-state index in [-0.39, 0.29) is 12.3 Å².